The number of carboxylic acid groups (broad SMARTS) is 1. The molecule has 20 heavy (non-hydrogen) atoms. The molecule has 1 aliphatic heterocycles. The van der Waals surface area contributed by atoms with Gasteiger partial charge in [-0.05, 0) is 11.6 Å². The zero-order valence-electron chi connectivity index (χ0n) is 11.1. The van der Waals surface area contributed by atoms with Crippen molar-refractivity contribution >= 4 is 11.9 Å². The molecule has 1 aliphatic rings. The van der Waals surface area contributed by atoms with Crippen LogP contribution in [0.25, 0.3) is 0 Å². The predicted octanol–water partition coefficient (Wildman–Crippen LogP) is 0.461. The second kappa shape index (κ2) is 6.49. The molecule has 6 heteroatoms. The van der Waals surface area contributed by atoms with Crippen molar-refractivity contribution in [3.63, 3.8) is 0 Å². The molecule has 1 fully saturated rings. The van der Waals surface area contributed by atoms with Crippen molar-refractivity contribution in [2.75, 3.05) is 19.7 Å². The van der Waals surface area contributed by atoms with E-state index in [0.29, 0.717) is 31.8 Å². The minimum Gasteiger partial charge on any atom is -0.481 e. The maximum atomic E-state index is 11.4. The molecule has 0 spiro atoms. The SMILES string of the molecule is NC(=O)c1ccccc1CN1CCOC(CC(=O)O)C1. The summed E-state index contributed by atoms with van der Waals surface area (Å²) in [6, 6.07) is 7.20. The summed E-state index contributed by atoms with van der Waals surface area (Å²) in [5.74, 6) is -1.31. The van der Waals surface area contributed by atoms with Crippen LogP contribution in [0.1, 0.15) is 22.3 Å². The van der Waals surface area contributed by atoms with Crippen LogP contribution in [0.5, 0.6) is 0 Å². The van der Waals surface area contributed by atoms with Crippen molar-refractivity contribution < 1.29 is 19.4 Å². The van der Waals surface area contributed by atoms with E-state index in [1.54, 1.807) is 12.1 Å². The van der Waals surface area contributed by atoms with Gasteiger partial charge in [0.15, 0.2) is 0 Å². The van der Waals surface area contributed by atoms with E-state index in [4.69, 9.17) is 15.6 Å². The Kier molecular flexibility index (Phi) is 4.70. The number of rotatable bonds is 5. The van der Waals surface area contributed by atoms with Crippen LogP contribution in [0.3, 0.4) is 0 Å². The van der Waals surface area contributed by atoms with Crippen molar-refractivity contribution in [1.29, 1.82) is 0 Å². The van der Waals surface area contributed by atoms with E-state index in [2.05, 4.69) is 4.90 Å². The number of hydrogen-bond acceptors (Lipinski definition) is 4. The number of amides is 1. The molecule has 1 aromatic rings. The number of ether oxygens (including phenoxy) is 1. The van der Waals surface area contributed by atoms with E-state index in [1.165, 1.54) is 0 Å². The number of carbonyl (C=O) groups is 2. The summed E-state index contributed by atoms with van der Waals surface area (Å²) in [7, 11) is 0. The van der Waals surface area contributed by atoms with Crippen molar-refractivity contribution in [2.45, 2.75) is 19.1 Å². The van der Waals surface area contributed by atoms with Crippen LogP contribution in [0.2, 0.25) is 0 Å². The Labute approximate surface area is 117 Å². The van der Waals surface area contributed by atoms with E-state index >= 15 is 0 Å². The Hall–Kier alpha value is -1.92. The highest BCUT2D eigenvalue weighted by Crippen LogP contribution is 2.15. The molecule has 1 amide bonds. The fourth-order valence-corrected chi connectivity index (χ4v) is 2.38. The minimum atomic E-state index is -0.866. The smallest absolute Gasteiger partial charge is 0.306 e. The van der Waals surface area contributed by atoms with Gasteiger partial charge in [-0.15, -0.1) is 0 Å². The summed E-state index contributed by atoms with van der Waals surface area (Å²) in [5.41, 5.74) is 6.72. The number of primary amides is 1. The molecule has 0 aliphatic carbocycles. The molecule has 0 saturated carbocycles. The van der Waals surface area contributed by atoms with Crippen molar-refractivity contribution in [2.24, 2.45) is 5.73 Å². The third kappa shape index (κ3) is 3.79. The average Bonchev–Trinajstić information content (AvgIpc) is 2.38. The summed E-state index contributed by atoms with van der Waals surface area (Å²) in [6.45, 7) is 2.32. The quantitative estimate of drug-likeness (QED) is 0.816. The second-order valence-electron chi connectivity index (χ2n) is 4.85. The lowest BCUT2D eigenvalue weighted by Gasteiger charge is -2.32. The van der Waals surface area contributed by atoms with Crippen LogP contribution >= 0.6 is 0 Å². The van der Waals surface area contributed by atoms with Gasteiger partial charge in [-0.25, -0.2) is 0 Å². The van der Waals surface area contributed by atoms with Crippen LogP contribution in [0, 0.1) is 0 Å². The van der Waals surface area contributed by atoms with Crippen molar-refractivity contribution in [3.8, 4) is 0 Å². The molecule has 3 N–H and O–H groups in total. The Balaban J connectivity index is 2.02. The van der Waals surface area contributed by atoms with Gasteiger partial charge in [0.2, 0.25) is 5.91 Å². The molecule has 0 radical (unpaired) electrons. The molecule has 0 bridgehead atoms. The first-order valence-corrected chi connectivity index (χ1v) is 6.49. The molecule has 1 unspecified atom stereocenters. The molecule has 1 saturated heterocycles. The molecule has 6 nitrogen and oxygen atoms in total. The largest absolute Gasteiger partial charge is 0.481 e. The van der Waals surface area contributed by atoms with Crippen LogP contribution < -0.4 is 5.73 Å². The van der Waals surface area contributed by atoms with E-state index in [-0.39, 0.29) is 12.5 Å². The molecular formula is C14H18N2O4. The zero-order chi connectivity index (χ0) is 14.5. The normalized spacial score (nSPS) is 19.7. The molecular weight excluding hydrogens is 260 g/mol. The first-order chi connectivity index (χ1) is 9.56. The van der Waals surface area contributed by atoms with Crippen LogP contribution in [-0.2, 0) is 16.1 Å². The number of hydrogen-bond donors (Lipinski definition) is 2. The highest BCUT2D eigenvalue weighted by atomic mass is 16.5. The number of aliphatic carboxylic acids is 1. The fraction of sp³-hybridized carbons (Fsp3) is 0.429. The maximum Gasteiger partial charge on any atom is 0.306 e. The number of morpholine rings is 1. The molecule has 108 valence electrons. The van der Waals surface area contributed by atoms with Gasteiger partial charge >= 0.3 is 5.97 Å². The van der Waals surface area contributed by atoms with Crippen LogP contribution in [0.15, 0.2) is 24.3 Å². The number of carbonyl (C=O) groups excluding carboxylic acids is 1. The van der Waals surface area contributed by atoms with Crippen molar-refractivity contribution in [1.82, 2.24) is 4.90 Å². The third-order valence-electron chi connectivity index (χ3n) is 3.30. The number of carboxylic acids is 1. The number of nitrogens with zero attached hydrogens (tertiary/aromatic N) is 1. The van der Waals surface area contributed by atoms with Gasteiger partial charge in [0.05, 0.1) is 19.1 Å². The lowest BCUT2D eigenvalue weighted by atomic mass is 10.1. The monoisotopic (exact) mass is 278 g/mol. The highest BCUT2D eigenvalue weighted by molar-refractivity contribution is 5.94. The summed E-state index contributed by atoms with van der Waals surface area (Å²) in [4.78, 5) is 24.2. The molecule has 2 rings (SSSR count). The van der Waals surface area contributed by atoms with Gasteiger partial charge in [-0.3, -0.25) is 14.5 Å². The lowest BCUT2D eigenvalue weighted by molar-refractivity contribution is -0.142. The van der Waals surface area contributed by atoms with Gasteiger partial charge in [-0.2, -0.15) is 0 Å². The van der Waals surface area contributed by atoms with Gasteiger partial charge in [0.1, 0.15) is 0 Å². The van der Waals surface area contributed by atoms with Crippen LogP contribution in [0.4, 0.5) is 0 Å². The minimum absolute atomic E-state index is 0.00599. The third-order valence-corrected chi connectivity index (χ3v) is 3.30. The average molecular weight is 278 g/mol. The first kappa shape index (κ1) is 14.5. The Morgan fingerprint density at radius 3 is 2.85 bits per heavy atom. The van der Waals surface area contributed by atoms with E-state index in [9.17, 15) is 9.59 Å². The van der Waals surface area contributed by atoms with Gasteiger partial charge < -0.3 is 15.6 Å². The Bertz CT molecular complexity index is 504. The summed E-state index contributed by atoms with van der Waals surface area (Å²) in [5, 5.41) is 8.80. The summed E-state index contributed by atoms with van der Waals surface area (Å²) < 4.78 is 5.42. The van der Waals surface area contributed by atoms with E-state index in [1.807, 2.05) is 12.1 Å². The molecule has 0 aromatic heterocycles. The number of benzene rings is 1. The topological polar surface area (TPSA) is 92.9 Å². The molecule has 1 atom stereocenters. The standard InChI is InChI=1S/C14H18N2O4/c15-14(19)12-4-2-1-3-10(12)8-16-5-6-20-11(9-16)7-13(17)18/h1-4,11H,5-9H2,(H2,15,19)(H,17,18). The Morgan fingerprint density at radius 2 is 2.15 bits per heavy atom. The zero-order valence-corrected chi connectivity index (χ0v) is 11.1. The molecule has 1 heterocycles. The second-order valence-corrected chi connectivity index (χ2v) is 4.85. The lowest BCUT2D eigenvalue weighted by Crippen LogP contribution is -2.43. The van der Waals surface area contributed by atoms with Gasteiger partial charge in [0.25, 0.3) is 0 Å². The van der Waals surface area contributed by atoms with E-state index in [0.717, 1.165) is 5.56 Å². The predicted molar refractivity (Wildman–Crippen MR) is 72.2 cm³/mol. The fourth-order valence-electron chi connectivity index (χ4n) is 2.38. The summed E-state index contributed by atoms with van der Waals surface area (Å²) in [6.07, 6.45) is -0.310. The highest BCUT2D eigenvalue weighted by Gasteiger charge is 2.23. The first-order valence-electron chi connectivity index (χ1n) is 6.49. The van der Waals surface area contributed by atoms with Gasteiger partial charge in [0, 0.05) is 25.2 Å². The van der Waals surface area contributed by atoms with Crippen molar-refractivity contribution in [3.05, 3.63) is 35.4 Å². The summed E-state index contributed by atoms with van der Waals surface area (Å²) >= 11 is 0. The van der Waals surface area contributed by atoms with E-state index < -0.39 is 11.9 Å². The van der Waals surface area contributed by atoms with Gasteiger partial charge in [-0.1, -0.05) is 18.2 Å². The maximum absolute atomic E-state index is 11.4. The number of nitrogens with two attached hydrogens (primary N) is 1. The Morgan fingerprint density at radius 1 is 1.40 bits per heavy atom. The van der Waals surface area contributed by atoms with Crippen LogP contribution in [-0.4, -0.2) is 47.7 Å². The molecule has 1 aromatic carbocycles.